The molecule has 0 N–H and O–H groups in total. The van der Waals surface area contributed by atoms with Crippen molar-refractivity contribution in [2.75, 3.05) is 20.7 Å². The van der Waals surface area contributed by atoms with Crippen molar-refractivity contribution in [2.24, 2.45) is 0 Å². The van der Waals surface area contributed by atoms with Crippen LogP contribution in [0.25, 0.3) is 6.08 Å². The van der Waals surface area contributed by atoms with E-state index in [4.69, 9.17) is 0 Å². The Bertz CT molecular complexity index is 449. The lowest BCUT2D eigenvalue weighted by Gasteiger charge is -2.12. The number of amides is 1. The molecule has 18 heavy (non-hydrogen) atoms. The Morgan fingerprint density at radius 1 is 1.28 bits per heavy atom. The van der Waals surface area contributed by atoms with Crippen molar-refractivity contribution in [1.82, 2.24) is 4.90 Å². The van der Waals surface area contributed by atoms with E-state index in [1.807, 2.05) is 31.2 Å². The monoisotopic (exact) mass is 247 g/mol. The molecule has 0 saturated heterocycles. The smallest absolute Gasteiger partial charge is 0.325 e. The Balaban J connectivity index is 2.58. The maximum atomic E-state index is 11.7. The molecule has 0 aliphatic carbocycles. The van der Waals surface area contributed by atoms with E-state index in [1.54, 1.807) is 13.1 Å². The van der Waals surface area contributed by atoms with Gasteiger partial charge in [-0.3, -0.25) is 9.59 Å². The molecule has 1 rings (SSSR count). The molecule has 1 aromatic carbocycles. The zero-order valence-corrected chi connectivity index (χ0v) is 10.8. The standard InChI is InChI=1S/C14H17NO3/c1-11-4-6-12(7-5-11)8-9-13(16)15(2)10-14(17)18-3/h4-9H,10H2,1-3H3/b9-8+. The van der Waals surface area contributed by atoms with E-state index in [-0.39, 0.29) is 12.5 Å². The van der Waals surface area contributed by atoms with E-state index in [0.717, 1.165) is 5.56 Å². The highest BCUT2D eigenvalue weighted by Gasteiger charge is 2.09. The Labute approximate surface area is 107 Å². The SMILES string of the molecule is COC(=O)CN(C)C(=O)/C=C/c1ccc(C)cc1. The second-order valence-electron chi connectivity index (χ2n) is 4.01. The minimum Gasteiger partial charge on any atom is -0.468 e. The van der Waals surface area contributed by atoms with Gasteiger partial charge in [0.15, 0.2) is 0 Å². The maximum absolute atomic E-state index is 11.7. The van der Waals surface area contributed by atoms with Gasteiger partial charge in [0.25, 0.3) is 0 Å². The third-order valence-corrected chi connectivity index (χ3v) is 2.47. The Morgan fingerprint density at radius 3 is 2.44 bits per heavy atom. The Morgan fingerprint density at radius 2 is 1.89 bits per heavy atom. The van der Waals surface area contributed by atoms with Crippen LogP contribution in [0, 0.1) is 6.92 Å². The van der Waals surface area contributed by atoms with Crippen LogP contribution in [0.15, 0.2) is 30.3 Å². The van der Waals surface area contributed by atoms with Crippen LogP contribution in [0.4, 0.5) is 0 Å². The zero-order chi connectivity index (χ0) is 13.5. The number of rotatable bonds is 4. The zero-order valence-electron chi connectivity index (χ0n) is 10.8. The second-order valence-corrected chi connectivity index (χ2v) is 4.01. The summed E-state index contributed by atoms with van der Waals surface area (Å²) >= 11 is 0. The first-order valence-electron chi connectivity index (χ1n) is 5.59. The molecular formula is C14H17NO3. The van der Waals surface area contributed by atoms with E-state index in [1.165, 1.54) is 23.6 Å². The number of likely N-dealkylation sites (N-methyl/N-ethyl adjacent to an activating group) is 1. The summed E-state index contributed by atoms with van der Waals surface area (Å²) in [5.41, 5.74) is 2.11. The van der Waals surface area contributed by atoms with Gasteiger partial charge in [-0.05, 0) is 18.6 Å². The molecule has 1 aromatic rings. The number of hydrogen-bond donors (Lipinski definition) is 0. The van der Waals surface area contributed by atoms with Crippen molar-refractivity contribution in [2.45, 2.75) is 6.92 Å². The number of hydrogen-bond acceptors (Lipinski definition) is 3. The third-order valence-electron chi connectivity index (χ3n) is 2.47. The van der Waals surface area contributed by atoms with E-state index >= 15 is 0 Å². The highest BCUT2D eigenvalue weighted by Crippen LogP contribution is 2.05. The maximum Gasteiger partial charge on any atom is 0.325 e. The minimum absolute atomic E-state index is 0.0480. The van der Waals surface area contributed by atoms with Crippen molar-refractivity contribution < 1.29 is 14.3 Å². The van der Waals surface area contributed by atoms with Gasteiger partial charge in [0.2, 0.25) is 5.91 Å². The molecule has 4 nitrogen and oxygen atoms in total. The van der Waals surface area contributed by atoms with Crippen LogP contribution in [0.2, 0.25) is 0 Å². The van der Waals surface area contributed by atoms with Crippen LogP contribution in [0.3, 0.4) is 0 Å². The Hall–Kier alpha value is -2.10. The van der Waals surface area contributed by atoms with Gasteiger partial charge in [0.1, 0.15) is 6.54 Å². The number of benzene rings is 1. The average molecular weight is 247 g/mol. The van der Waals surface area contributed by atoms with Crippen LogP contribution >= 0.6 is 0 Å². The first-order chi connectivity index (χ1) is 8.52. The molecule has 0 aromatic heterocycles. The number of ether oxygens (including phenoxy) is 1. The van der Waals surface area contributed by atoms with E-state index in [0.29, 0.717) is 0 Å². The molecule has 0 fully saturated rings. The predicted octanol–water partition coefficient (Wildman–Crippen LogP) is 1.64. The number of methoxy groups -OCH3 is 1. The number of aryl methyl sites for hydroxylation is 1. The summed E-state index contributed by atoms with van der Waals surface area (Å²) < 4.78 is 4.49. The molecule has 0 radical (unpaired) electrons. The lowest BCUT2D eigenvalue weighted by atomic mass is 10.1. The van der Waals surface area contributed by atoms with Gasteiger partial charge in [-0.15, -0.1) is 0 Å². The molecule has 0 spiro atoms. The minimum atomic E-state index is -0.436. The highest BCUT2D eigenvalue weighted by atomic mass is 16.5. The fourth-order valence-electron chi connectivity index (χ4n) is 1.31. The van der Waals surface area contributed by atoms with Crippen molar-refractivity contribution in [3.05, 3.63) is 41.5 Å². The normalized spacial score (nSPS) is 10.4. The Kier molecular flexibility index (Phi) is 5.11. The first-order valence-corrected chi connectivity index (χ1v) is 5.59. The summed E-state index contributed by atoms with van der Waals surface area (Å²) in [6.45, 7) is 1.95. The predicted molar refractivity (Wildman–Crippen MR) is 69.9 cm³/mol. The molecule has 0 heterocycles. The van der Waals surface area contributed by atoms with Crippen LogP contribution < -0.4 is 0 Å². The summed E-state index contributed by atoms with van der Waals surface area (Å²) in [5, 5.41) is 0. The second kappa shape index (κ2) is 6.59. The van der Waals surface area contributed by atoms with Gasteiger partial charge in [-0.25, -0.2) is 0 Å². The van der Waals surface area contributed by atoms with E-state index in [9.17, 15) is 9.59 Å². The summed E-state index contributed by atoms with van der Waals surface area (Å²) in [7, 11) is 2.85. The van der Waals surface area contributed by atoms with Gasteiger partial charge >= 0.3 is 5.97 Å². The quantitative estimate of drug-likeness (QED) is 0.600. The fraction of sp³-hybridized carbons (Fsp3) is 0.286. The highest BCUT2D eigenvalue weighted by molar-refractivity contribution is 5.93. The van der Waals surface area contributed by atoms with E-state index < -0.39 is 5.97 Å². The largest absolute Gasteiger partial charge is 0.468 e. The summed E-state index contributed by atoms with van der Waals surface area (Å²) in [6, 6.07) is 7.81. The summed E-state index contributed by atoms with van der Waals surface area (Å²) in [6.07, 6.45) is 3.16. The van der Waals surface area contributed by atoms with Crippen molar-refractivity contribution >= 4 is 18.0 Å². The fourth-order valence-corrected chi connectivity index (χ4v) is 1.31. The molecule has 96 valence electrons. The molecule has 0 atom stereocenters. The van der Waals surface area contributed by atoms with Crippen LogP contribution in [0.5, 0.6) is 0 Å². The molecule has 0 saturated carbocycles. The average Bonchev–Trinajstić information content (AvgIpc) is 2.37. The summed E-state index contributed by atoms with van der Waals surface area (Å²) in [4.78, 5) is 24.0. The van der Waals surface area contributed by atoms with Gasteiger partial charge < -0.3 is 9.64 Å². The van der Waals surface area contributed by atoms with Crippen LogP contribution in [0.1, 0.15) is 11.1 Å². The molecule has 1 amide bonds. The molecule has 0 unspecified atom stereocenters. The van der Waals surface area contributed by atoms with Gasteiger partial charge in [-0.1, -0.05) is 29.8 Å². The number of esters is 1. The van der Waals surface area contributed by atoms with Gasteiger partial charge in [-0.2, -0.15) is 0 Å². The molecule has 0 aliphatic rings. The van der Waals surface area contributed by atoms with Gasteiger partial charge in [0.05, 0.1) is 7.11 Å². The van der Waals surface area contributed by atoms with Crippen LogP contribution in [-0.4, -0.2) is 37.5 Å². The molecule has 4 heteroatoms. The third kappa shape index (κ3) is 4.41. The van der Waals surface area contributed by atoms with Crippen molar-refractivity contribution in [3.63, 3.8) is 0 Å². The molecule has 0 aliphatic heterocycles. The lowest BCUT2D eigenvalue weighted by Crippen LogP contribution is -2.31. The lowest BCUT2D eigenvalue weighted by molar-refractivity contribution is -0.144. The molecular weight excluding hydrogens is 230 g/mol. The first kappa shape index (κ1) is 14.0. The van der Waals surface area contributed by atoms with Crippen molar-refractivity contribution in [1.29, 1.82) is 0 Å². The van der Waals surface area contributed by atoms with Crippen LogP contribution in [-0.2, 0) is 14.3 Å². The number of carbonyl (C=O) groups excluding carboxylic acids is 2. The summed E-state index contributed by atoms with van der Waals surface area (Å²) in [5.74, 6) is -0.671. The van der Waals surface area contributed by atoms with Gasteiger partial charge in [0, 0.05) is 13.1 Å². The number of nitrogens with zero attached hydrogens (tertiary/aromatic N) is 1. The number of carbonyl (C=O) groups is 2. The molecule has 0 bridgehead atoms. The topological polar surface area (TPSA) is 46.6 Å². The van der Waals surface area contributed by atoms with E-state index in [2.05, 4.69) is 4.74 Å². The van der Waals surface area contributed by atoms with Crippen molar-refractivity contribution in [3.8, 4) is 0 Å².